The molecule has 0 radical (unpaired) electrons. The van der Waals surface area contributed by atoms with Crippen LogP contribution in [0.1, 0.15) is 11.1 Å². The molecule has 0 aliphatic heterocycles. The molecule has 0 amide bonds. The maximum Gasteiger partial charge on any atom is 0.126 e. The quantitative estimate of drug-likeness (QED) is 0.820. The molecule has 0 aliphatic carbocycles. The van der Waals surface area contributed by atoms with E-state index in [1.54, 1.807) is 20.1 Å². The molecule has 0 aromatic heterocycles. The minimum absolute atomic E-state index is 0.187. The highest BCUT2D eigenvalue weighted by atomic mass is 19.1. The molecule has 0 unspecified atom stereocenters. The van der Waals surface area contributed by atoms with Gasteiger partial charge in [-0.2, -0.15) is 0 Å². The second-order valence-corrected chi connectivity index (χ2v) is 4.39. The van der Waals surface area contributed by atoms with Gasteiger partial charge in [-0.1, -0.05) is 12.1 Å². The van der Waals surface area contributed by atoms with Crippen LogP contribution in [0, 0.1) is 12.7 Å². The molecule has 0 saturated heterocycles. The van der Waals surface area contributed by atoms with Crippen LogP contribution in [0.5, 0.6) is 0 Å². The number of benzene rings is 1. The van der Waals surface area contributed by atoms with Crippen LogP contribution in [-0.4, -0.2) is 43.4 Å². The Morgan fingerprint density at radius 2 is 2.18 bits per heavy atom. The molecule has 1 aromatic rings. The number of hydrogen-bond donors (Lipinski definition) is 1. The fraction of sp³-hybridized carbons (Fsp3) is 0.538. The summed E-state index contributed by atoms with van der Waals surface area (Å²) < 4.78 is 18.2. The van der Waals surface area contributed by atoms with E-state index in [0.717, 1.165) is 5.56 Å². The summed E-state index contributed by atoms with van der Waals surface area (Å²) in [5, 5.41) is 9.56. The van der Waals surface area contributed by atoms with Crippen LogP contribution in [0.4, 0.5) is 4.39 Å². The number of aliphatic hydroxyl groups is 1. The number of nitrogens with zero attached hydrogens (tertiary/aromatic N) is 1. The van der Waals surface area contributed by atoms with E-state index in [1.165, 1.54) is 6.07 Å². The Balaban J connectivity index is 2.50. The number of ether oxygens (including phenoxy) is 1. The summed E-state index contributed by atoms with van der Waals surface area (Å²) >= 11 is 0. The van der Waals surface area contributed by atoms with E-state index in [2.05, 4.69) is 0 Å². The zero-order chi connectivity index (χ0) is 12.8. The van der Waals surface area contributed by atoms with Crippen LogP contribution in [-0.2, 0) is 11.3 Å². The molecule has 1 rings (SSSR count). The van der Waals surface area contributed by atoms with E-state index < -0.39 is 6.10 Å². The van der Waals surface area contributed by atoms with Crippen LogP contribution in [0.15, 0.2) is 18.2 Å². The van der Waals surface area contributed by atoms with Gasteiger partial charge in [0.15, 0.2) is 0 Å². The van der Waals surface area contributed by atoms with Gasteiger partial charge in [0.25, 0.3) is 0 Å². The third kappa shape index (κ3) is 4.81. The molecule has 1 atom stereocenters. The molecule has 0 saturated carbocycles. The van der Waals surface area contributed by atoms with E-state index in [1.807, 2.05) is 18.0 Å². The lowest BCUT2D eigenvalue weighted by molar-refractivity contribution is 0.0418. The van der Waals surface area contributed by atoms with Crippen molar-refractivity contribution in [2.75, 3.05) is 27.3 Å². The molecule has 0 bridgehead atoms. The van der Waals surface area contributed by atoms with Gasteiger partial charge in [0.05, 0.1) is 12.7 Å². The van der Waals surface area contributed by atoms with Gasteiger partial charge in [0.1, 0.15) is 5.82 Å². The average Bonchev–Trinajstić information content (AvgIpc) is 2.23. The molecule has 1 aromatic carbocycles. The van der Waals surface area contributed by atoms with E-state index in [0.29, 0.717) is 25.3 Å². The first-order valence-electron chi connectivity index (χ1n) is 5.63. The second-order valence-electron chi connectivity index (χ2n) is 4.39. The van der Waals surface area contributed by atoms with Gasteiger partial charge in [-0.05, 0) is 31.2 Å². The summed E-state index contributed by atoms with van der Waals surface area (Å²) in [6, 6.07) is 5.20. The van der Waals surface area contributed by atoms with Crippen molar-refractivity contribution >= 4 is 0 Å². The molecule has 0 fully saturated rings. The van der Waals surface area contributed by atoms with Crippen LogP contribution >= 0.6 is 0 Å². The topological polar surface area (TPSA) is 32.7 Å². The Morgan fingerprint density at radius 1 is 1.47 bits per heavy atom. The maximum absolute atomic E-state index is 13.3. The first-order valence-corrected chi connectivity index (χ1v) is 5.63. The second kappa shape index (κ2) is 6.69. The van der Waals surface area contributed by atoms with E-state index in [9.17, 15) is 9.50 Å². The maximum atomic E-state index is 13.3. The molecular formula is C13H20FNO2. The van der Waals surface area contributed by atoms with Crippen molar-refractivity contribution in [3.8, 4) is 0 Å². The molecule has 96 valence electrons. The predicted octanol–water partition coefficient (Wildman–Crippen LogP) is 1.57. The Kier molecular flexibility index (Phi) is 5.55. The Hall–Kier alpha value is -0.970. The van der Waals surface area contributed by atoms with Gasteiger partial charge in [-0.15, -0.1) is 0 Å². The van der Waals surface area contributed by atoms with Crippen LogP contribution in [0.25, 0.3) is 0 Å². The SMILES string of the molecule is COC[C@H](O)CN(C)Cc1ccc(C)c(F)c1. The molecule has 0 heterocycles. The highest BCUT2D eigenvalue weighted by molar-refractivity contribution is 5.23. The molecular weight excluding hydrogens is 221 g/mol. The van der Waals surface area contributed by atoms with Crippen molar-refractivity contribution in [3.05, 3.63) is 35.1 Å². The van der Waals surface area contributed by atoms with E-state index in [4.69, 9.17) is 4.74 Å². The Bertz CT molecular complexity index is 357. The zero-order valence-corrected chi connectivity index (χ0v) is 10.6. The lowest BCUT2D eigenvalue weighted by atomic mass is 10.1. The first kappa shape index (κ1) is 14.1. The van der Waals surface area contributed by atoms with Crippen molar-refractivity contribution < 1.29 is 14.2 Å². The number of rotatable bonds is 6. The molecule has 0 aliphatic rings. The lowest BCUT2D eigenvalue weighted by Crippen LogP contribution is -2.31. The van der Waals surface area contributed by atoms with Crippen molar-refractivity contribution in [1.29, 1.82) is 0 Å². The van der Waals surface area contributed by atoms with Crippen molar-refractivity contribution in [2.45, 2.75) is 19.6 Å². The van der Waals surface area contributed by atoms with Gasteiger partial charge in [-0.3, -0.25) is 4.90 Å². The Labute approximate surface area is 102 Å². The highest BCUT2D eigenvalue weighted by Crippen LogP contribution is 2.10. The number of likely N-dealkylation sites (N-methyl/N-ethyl adjacent to an activating group) is 1. The normalized spacial score (nSPS) is 13.1. The standard InChI is InChI=1S/C13H20FNO2/c1-10-4-5-11(6-13(10)14)7-15(2)8-12(16)9-17-3/h4-6,12,16H,7-9H2,1-3H3/t12-/m1/s1. The predicted molar refractivity (Wildman–Crippen MR) is 65.4 cm³/mol. The number of aliphatic hydroxyl groups excluding tert-OH is 1. The molecule has 4 heteroatoms. The summed E-state index contributed by atoms with van der Waals surface area (Å²) in [6.45, 7) is 3.17. The highest BCUT2D eigenvalue weighted by Gasteiger charge is 2.09. The number of hydrogen-bond acceptors (Lipinski definition) is 3. The minimum atomic E-state index is -0.514. The van der Waals surface area contributed by atoms with E-state index >= 15 is 0 Å². The summed E-state index contributed by atoms with van der Waals surface area (Å²) in [7, 11) is 3.44. The van der Waals surface area contributed by atoms with Crippen LogP contribution < -0.4 is 0 Å². The van der Waals surface area contributed by atoms with Crippen LogP contribution in [0.2, 0.25) is 0 Å². The third-order valence-electron chi connectivity index (χ3n) is 2.57. The Morgan fingerprint density at radius 3 is 2.76 bits per heavy atom. The van der Waals surface area contributed by atoms with Gasteiger partial charge in [-0.25, -0.2) is 4.39 Å². The summed E-state index contributed by atoms with van der Waals surface area (Å²) in [6.07, 6.45) is -0.514. The van der Waals surface area contributed by atoms with Gasteiger partial charge in [0, 0.05) is 20.2 Å². The van der Waals surface area contributed by atoms with Gasteiger partial charge < -0.3 is 9.84 Å². The fourth-order valence-corrected chi connectivity index (χ4v) is 1.72. The number of halogens is 1. The number of methoxy groups -OCH3 is 1. The van der Waals surface area contributed by atoms with Gasteiger partial charge >= 0.3 is 0 Å². The van der Waals surface area contributed by atoms with Crippen molar-refractivity contribution in [2.24, 2.45) is 0 Å². The zero-order valence-electron chi connectivity index (χ0n) is 10.6. The third-order valence-corrected chi connectivity index (χ3v) is 2.57. The molecule has 17 heavy (non-hydrogen) atoms. The minimum Gasteiger partial charge on any atom is -0.389 e. The molecule has 1 N–H and O–H groups in total. The lowest BCUT2D eigenvalue weighted by Gasteiger charge is -2.20. The first-order chi connectivity index (χ1) is 8.02. The summed E-state index contributed by atoms with van der Waals surface area (Å²) in [5.74, 6) is -0.187. The summed E-state index contributed by atoms with van der Waals surface area (Å²) in [5.41, 5.74) is 1.55. The number of aryl methyl sites for hydroxylation is 1. The van der Waals surface area contributed by atoms with Crippen LogP contribution in [0.3, 0.4) is 0 Å². The summed E-state index contributed by atoms with van der Waals surface area (Å²) in [4.78, 5) is 1.94. The molecule has 0 spiro atoms. The fourth-order valence-electron chi connectivity index (χ4n) is 1.72. The average molecular weight is 241 g/mol. The van der Waals surface area contributed by atoms with E-state index in [-0.39, 0.29) is 5.82 Å². The van der Waals surface area contributed by atoms with Gasteiger partial charge in [0.2, 0.25) is 0 Å². The largest absolute Gasteiger partial charge is 0.389 e. The van der Waals surface area contributed by atoms with Crippen molar-refractivity contribution in [1.82, 2.24) is 4.90 Å². The van der Waals surface area contributed by atoms with Crippen molar-refractivity contribution in [3.63, 3.8) is 0 Å². The smallest absolute Gasteiger partial charge is 0.126 e. The monoisotopic (exact) mass is 241 g/mol. The molecule has 3 nitrogen and oxygen atoms in total.